The number of carbonyl (C=O) groups excluding carboxylic acids is 1. The van der Waals surface area contributed by atoms with Crippen LogP contribution in [0.5, 0.6) is 5.75 Å². The number of hydrogen-bond donors (Lipinski definition) is 2. The molecule has 2 aromatic carbocycles. The van der Waals surface area contributed by atoms with E-state index in [1.807, 2.05) is 19.1 Å². The van der Waals surface area contributed by atoms with E-state index in [1.165, 1.54) is 6.07 Å². The van der Waals surface area contributed by atoms with Crippen LogP contribution in [0.3, 0.4) is 0 Å². The van der Waals surface area contributed by atoms with Gasteiger partial charge < -0.3 is 10.4 Å². The topological polar surface area (TPSA) is 49.3 Å². The second-order valence-corrected chi connectivity index (χ2v) is 5.18. The third-order valence-corrected chi connectivity index (χ3v) is 3.43. The minimum atomic E-state index is -0.171. The van der Waals surface area contributed by atoms with E-state index < -0.39 is 0 Å². The maximum absolute atomic E-state index is 12.1. The summed E-state index contributed by atoms with van der Waals surface area (Å²) in [5.41, 5.74) is 2.19. The van der Waals surface area contributed by atoms with Crippen LogP contribution in [0.15, 0.2) is 42.5 Å². The fourth-order valence-corrected chi connectivity index (χ4v) is 2.04. The van der Waals surface area contributed by atoms with Gasteiger partial charge in [-0.1, -0.05) is 23.7 Å². The molecule has 0 aliphatic carbocycles. The molecule has 0 radical (unpaired) electrons. The Hall–Kier alpha value is -2.00. The zero-order chi connectivity index (χ0) is 14.7. The Morgan fingerprint density at radius 2 is 1.85 bits per heavy atom. The summed E-state index contributed by atoms with van der Waals surface area (Å²) in [6.45, 7) is 3.67. The molecule has 1 unspecified atom stereocenters. The monoisotopic (exact) mass is 289 g/mol. The highest BCUT2D eigenvalue weighted by atomic mass is 35.5. The fraction of sp³-hybridized carbons (Fsp3) is 0.188. The molecule has 1 atom stereocenters. The third-order valence-electron chi connectivity index (χ3n) is 3.18. The zero-order valence-corrected chi connectivity index (χ0v) is 12.1. The van der Waals surface area contributed by atoms with Crippen molar-refractivity contribution in [2.24, 2.45) is 0 Å². The lowest BCUT2D eigenvalue weighted by Gasteiger charge is -2.15. The summed E-state index contributed by atoms with van der Waals surface area (Å²) in [5, 5.41) is 13.1. The second kappa shape index (κ2) is 5.97. The van der Waals surface area contributed by atoms with E-state index in [0.29, 0.717) is 16.1 Å². The van der Waals surface area contributed by atoms with E-state index >= 15 is 0 Å². The van der Waals surface area contributed by atoms with Crippen molar-refractivity contribution in [2.75, 3.05) is 0 Å². The number of amides is 1. The van der Waals surface area contributed by atoms with Gasteiger partial charge in [-0.25, -0.2) is 0 Å². The molecular formula is C16H16ClNO2. The summed E-state index contributed by atoms with van der Waals surface area (Å²) in [5.74, 6) is 0.0165. The lowest BCUT2D eigenvalue weighted by atomic mass is 10.1. The molecule has 4 heteroatoms. The van der Waals surface area contributed by atoms with Crippen LogP contribution in [0.25, 0.3) is 0 Å². The molecule has 2 aromatic rings. The molecule has 0 bridgehead atoms. The van der Waals surface area contributed by atoms with Crippen LogP contribution in [-0.4, -0.2) is 11.0 Å². The first kappa shape index (κ1) is 14.4. The molecule has 3 nitrogen and oxygen atoms in total. The quantitative estimate of drug-likeness (QED) is 0.902. The highest BCUT2D eigenvalue weighted by molar-refractivity contribution is 6.30. The number of nitrogens with one attached hydrogen (secondary N) is 1. The Morgan fingerprint density at radius 1 is 1.20 bits per heavy atom. The first-order valence-corrected chi connectivity index (χ1v) is 6.71. The number of carbonyl (C=O) groups is 1. The van der Waals surface area contributed by atoms with Crippen molar-refractivity contribution in [1.82, 2.24) is 5.32 Å². The summed E-state index contributed by atoms with van der Waals surface area (Å²) in [7, 11) is 0. The lowest BCUT2D eigenvalue weighted by Crippen LogP contribution is -2.26. The largest absolute Gasteiger partial charge is 0.508 e. The van der Waals surface area contributed by atoms with Crippen LogP contribution < -0.4 is 5.32 Å². The zero-order valence-electron chi connectivity index (χ0n) is 11.4. The van der Waals surface area contributed by atoms with E-state index in [2.05, 4.69) is 5.32 Å². The molecule has 0 saturated carbocycles. The van der Waals surface area contributed by atoms with E-state index in [4.69, 9.17) is 11.6 Å². The van der Waals surface area contributed by atoms with Gasteiger partial charge in [0.1, 0.15) is 5.75 Å². The van der Waals surface area contributed by atoms with Gasteiger partial charge in [-0.15, -0.1) is 0 Å². The summed E-state index contributed by atoms with van der Waals surface area (Å²) in [6, 6.07) is 12.0. The van der Waals surface area contributed by atoms with E-state index in [-0.39, 0.29) is 17.7 Å². The SMILES string of the molecule is Cc1cc(C(=O)NC(C)c2ccc(Cl)cc2)ccc1O. The second-order valence-electron chi connectivity index (χ2n) is 4.75. The van der Waals surface area contributed by atoms with Crippen LogP contribution in [0, 0.1) is 6.92 Å². The molecular weight excluding hydrogens is 274 g/mol. The average molecular weight is 290 g/mol. The Kier molecular flexibility index (Phi) is 4.30. The number of halogens is 1. The van der Waals surface area contributed by atoms with Crippen molar-refractivity contribution in [3.05, 3.63) is 64.2 Å². The Morgan fingerprint density at radius 3 is 2.45 bits per heavy atom. The van der Waals surface area contributed by atoms with E-state index in [0.717, 1.165) is 5.56 Å². The van der Waals surface area contributed by atoms with Crippen molar-refractivity contribution in [2.45, 2.75) is 19.9 Å². The van der Waals surface area contributed by atoms with Crippen LogP contribution in [0.2, 0.25) is 5.02 Å². The van der Waals surface area contributed by atoms with Gasteiger partial charge in [-0.2, -0.15) is 0 Å². The van der Waals surface area contributed by atoms with Crippen LogP contribution in [0.4, 0.5) is 0 Å². The lowest BCUT2D eigenvalue weighted by molar-refractivity contribution is 0.0940. The van der Waals surface area contributed by atoms with Gasteiger partial charge in [0.2, 0.25) is 0 Å². The highest BCUT2D eigenvalue weighted by Gasteiger charge is 2.12. The molecule has 104 valence electrons. The van der Waals surface area contributed by atoms with Crippen molar-refractivity contribution in [1.29, 1.82) is 0 Å². The summed E-state index contributed by atoms with van der Waals surface area (Å²) in [6.07, 6.45) is 0. The Labute approximate surface area is 123 Å². The van der Waals surface area contributed by atoms with Crippen LogP contribution in [-0.2, 0) is 0 Å². The number of benzene rings is 2. The number of rotatable bonds is 3. The van der Waals surface area contributed by atoms with Gasteiger partial charge in [0.25, 0.3) is 5.91 Å². The number of aromatic hydroxyl groups is 1. The summed E-state index contributed by atoms with van der Waals surface area (Å²) in [4.78, 5) is 12.1. The van der Waals surface area contributed by atoms with Crippen molar-refractivity contribution in [3.63, 3.8) is 0 Å². The molecule has 1 amide bonds. The van der Waals surface area contributed by atoms with E-state index in [9.17, 15) is 9.90 Å². The maximum Gasteiger partial charge on any atom is 0.251 e. The van der Waals surface area contributed by atoms with E-state index in [1.54, 1.807) is 31.2 Å². The predicted octanol–water partition coefficient (Wildman–Crippen LogP) is 3.85. The van der Waals surface area contributed by atoms with Gasteiger partial charge >= 0.3 is 0 Å². The Bertz CT molecular complexity index is 623. The third kappa shape index (κ3) is 3.31. The summed E-state index contributed by atoms with van der Waals surface area (Å²) < 4.78 is 0. The predicted molar refractivity (Wildman–Crippen MR) is 80.2 cm³/mol. The molecule has 0 aromatic heterocycles. The fourth-order valence-electron chi connectivity index (χ4n) is 1.91. The average Bonchev–Trinajstić information content (AvgIpc) is 2.42. The standard InChI is InChI=1S/C16H16ClNO2/c1-10-9-13(5-8-15(10)19)16(20)18-11(2)12-3-6-14(17)7-4-12/h3-9,11,19H,1-2H3,(H,18,20). The van der Waals surface area contributed by atoms with Crippen molar-refractivity contribution >= 4 is 17.5 Å². The first-order valence-electron chi connectivity index (χ1n) is 6.33. The normalized spacial score (nSPS) is 11.9. The number of aryl methyl sites for hydroxylation is 1. The molecule has 0 aliphatic heterocycles. The minimum Gasteiger partial charge on any atom is -0.508 e. The smallest absolute Gasteiger partial charge is 0.251 e. The Balaban J connectivity index is 2.10. The molecule has 0 saturated heterocycles. The van der Waals surface area contributed by atoms with Gasteiger partial charge in [0.15, 0.2) is 0 Å². The van der Waals surface area contributed by atoms with Crippen LogP contribution >= 0.6 is 11.6 Å². The highest BCUT2D eigenvalue weighted by Crippen LogP contribution is 2.19. The molecule has 0 heterocycles. The van der Waals surface area contributed by atoms with Gasteiger partial charge in [-0.05, 0) is 55.3 Å². The number of phenols is 1. The van der Waals surface area contributed by atoms with Gasteiger partial charge in [0.05, 0.1) is 6.04 Å². The number of hydrogen-bond acceptors (Lipinski definition) is 2. The van der Waals surface area contributed by atoms with Crippen molar-refractivity contribution in [3.8, 4) is 5.75 Å². The molecule has 2 rings (SSSR count). The molecule has 0 spiro atoms. The minimum absolute atomic E-state index is 0.117. The summed E-state index contributed by atoms with van der Waals surface area (Å²) >= 11 is 5.84. The first-order chi connectivity index (χ1) is 9.47. The van der Waals surface area contributed by atoms with Crippen LogP contribution in [0.1, 0.15) is 34.5 Å². The van der Waals surface area contributed by atoms with Gasteiger partial charge in [0, 0.05) is 10.6 Å². The molecule has 0 fully saturated rings. The molecule has 2 N–H and O–H groups in total. The van der Waals surface area contributed by atoms with Gasteiger partial charge in [-0.3, -0.25) is 4.79 Å². The maximum atomic E-state index is 12.1. The molecule has 0 aliphatic rings. The number of phenolic OH excluding ortho intramolecular Hbond substituents is 1. The van der Waals surface area contributed by atoms with Crippen molar-refractivity contribution < 1.29 is 9.90 Å². The molecule has 20 heavy (non-hydrogen) atoms.